The van der Waals surface area contributed by atoms with Gasteiger partial charge in [0.1, 0.15) is 5.65 Å². The fourth-order valence-corrected chi connectivity index (χ4v) is 4.54. The maximum absolute atomic E-state index is 13.1. The van der Waals surface area contributed by atoms with Crippen LogP contribution in [0.1, 0.15) is 37.8 Å². The summed E-state index contributed by atoms with van der Waals surface area (Å²) in [4.78, 5) is 37.0. The van der Waals surface area contributed by atoms with Crippen LogP contribution in [0.3, 0.4) is 0 Å². The highest BCUT2D eigenvalue weighted by atomic mass is 16.5. The molecule has 2 fully saturated rings. The number of rotatable bonds is 5. The molecular formula is C21H28N4O3. The third-order valence-corrected chi connectivity index (χ3v) is 6.03. The van der Waals surface area contributed by atoms with E-state index in [4.69, 9.17) is 4.74 Å². The Morgan fingerprint density at radius 3 is 3.07 bits per heavy atom. The molecule has 7 heteroatoms. The molecule has 0 bridgehead atoms. The molecule has 2 aromatic rings. The average molecular weight is 384 g/mol. The summed E-state index contributed by atoms with van der Waals surface area (Å²) < 4.78 is 5.17. The van der Waals surface area contributed by atoms with Gasteiger partial charge >= 0.3 is 0 Å². The molecule has 2 amide bonds. The van der Waals surface area contributed by atoms with Crippen molar-refractivity contribution in [1.29, 1.82) is 0 Å². The molecule has 28 heavy (non-hydrogen) atoms. The molecular weight excluding hydrogens is 356 g/mol. The van der Waals surface area contributed by atoms with Crippen molar-refractivity contribution in [3.8, 4) is 0 Å². The Hall–Kier alpha value is -2.41. The second-order valence-electron chi connectivity index (χ2n) is 8.04. The second kappa shape index (κ2) is 7.91. The van der Waals surface area contributed by atoms with Gasteiger partial charge in [-0.2, -0.15) is 0 Å². The first-order chi connectivity index (χ1) is 13.6. The molecule has 3 atom stereocenters. The third kappa shape index (κ3) is 3.63. The van der Waals surface area contributed by atoms with E-state index in [-0.39, 0.29) is 29.7 Å². The van der Waals surface area contributed by atoms with E-state index in [1.54, 1.807) is 18.2 Å². The van der Waals surface area contributed by atoms with E-state index in [9.17, 15) is 9.59 Å². The SMILES string of the molecule is COCC(C)N1CC(C(=O)N2CCCC(c3cc4cccnc4[nH]3)C2)CC1=O. The number of nitrogens with zero attached hydrogens (tertiary/aromatic N) is 3. The fraction of sp³-hybridized carbons (Fsp3) is 0.571. The lowest BCUT2D eigenvalue weighted by molar-refractivity contribution is -0.137. The molecule has 4 rings (SSSR count). The number of pyridine rings is 1. The van der Waals surface area contributed by atoms with E-state index in [1.807, 2.05) is 24.0 Å². The predicted octanol–water partition coefficient (Wildman–Crippen LogP) is 2.15. The summed E-state index contributed by atoms with van der Waals surface area (Å²) in [5, 5.41) is 1.10. The van der Waals surface area contributed by atoms with Crippen LogP contribution < -0.4 is 0 Å². The first-order valence-electron chi connectivity index (χ1n) is 10.1. The molecule has 3 unspecified atom stereocenters. The van der Waals surface area contributed by atoms with E-state index in [2.05, 4.69) is 16.0 Å². The lowest BCUT2D eigenvalue weighted by Gasteiger charge is -2.34. The minimum absolute atomic E-state index is 0.00301. The Labute approximate surface area is 165 Å². The molecule has 0 radical (unpaired) electrons. The van der Waals surface area contributed by atoms with Gasteiger partial charge in [-0.05, 0) is 38.0 Å². The number of nitrogens with one attached hydrogen (secondary N) is 1. The maximum Gasteiger partial charge on any atom is 0.228 e. The number of fused-ring (bicyclic) bond motifs is 1. The number of piperidine rings is 1. The number of carbonyl (C=O) groups excluding carboxylic acids is 2. The van der Waals surface area contributed by atoms with Gasteiger partial charge in [-0.25, -0.2) is 4.98 Å². The summed E-state index contributed by atoms with van der Waals surface area (Å²) in [5.41, 5.74) is 2.04. The number of ether oxygens (including phenoxy) is 1. The van der Waals surface area contributed by atoms with Gasteiger partial charge in [0.05, 0.1) is 18.6 Å². The van der Waals surface area contributed by atoms with Gasteiger partial charge in [-0.1, -0.05) is 0 Å². The van der Waals surface area contributed by atoms with Crippen LogP contribution in [-0.2, 0) is 14.3 Å². The van der Waals surface area contributed by atoms with Gasteiger partial charge in [-0.15, -0.1) is 0 Å². The van der Waals surface area contributed by atoms with E-state index in [0.29, 0.717) is 26.1 Å². The van der Waals surface area contributed by atoms with Crippen LogP contribution in [0.2, 0.25) is 0 Å². The van der Waals surface area contributed by atoms with Crippen molar-refractivity contribution in [2.45, 2.75) is 38.1 Å². The zero-order valence-electron chi connectivity index (χ0n) is 16.6. The van der Waals surface area contributed by atoms with Crippen LogP contribution >= 0.6 is 0 Å². The monoisotopic (exact) mass is 384 g/mol. The van der Waals surface area contributed by atoms with Crippen LogP contribution in [0.15, 0.2) is 24.4 Å². The minimum Gasteiger partial charge on any atom is -0.383 e. The molecule has 1 N–H and O–H groups in total. The molecule has 2 saturated heterocycles. The number of amides is 2. The number of aromatic amines is 1. The van der Waals surface area contributed by atoms with Crippen LogP contribution in [0.25, 0.3) is 11.0 Å². The van der Waals surface area contributed by atoms with Crippen LogP contribution in [0.5, 0.6) is 0 Å². The minimum atomic E-state index is -0.241. The van der Waals surface area contributed by atoms with Crippen molar-refractivity contribution in [3.05, 3.63) is 30.1 Å². The lowest BCUT2D eigenvalue weighted by atomic mass is 9.93. The van der Waals surface area contributed by atoms with Gasteiger partial charge in [0.15, 0.2) is 0 Å². The van der Waals surface area contributed by atoms with Crippen molar-refractivity contribution in [3.63, 3.8) is 0 Å². The zero-order valence-corrected chi connectivity index (χ0v) is 16.6. The summed E-state index contributed by atoms with van der Waals surface area (Å²) in [5.74, 6) is 0.208. The van der Waals surface area contributed by atoms with Crippen LogP contribution in [0, 0.1) is 5.92 Å². The Morgan fingerprint density at radius 2 is 2.29 bits per heavy atom. The molecule has 2 aliphatic rings. The maximum atomic E-state index is 13.1. The first-order valence-corrected chi connectivity index (χ1v) is 10.1. The standard InChI is InChI=1S/C21H28N4O3/c1-14(13-28-2)25-12-17(10-19(25)26)21(27)24-8-4-6-16(11-24)18-9-15-5-3-7-22-20(15)23-18/h3,5,7,9,14,16-17H,4,6,8,10-13H2,1-2H3,(H,22,23). The highest BCUT2D eigenvalue weighted by Crippen LogP contribution is 2.30. The zero-order chi connectivity index (χ0) is 19.7. The van der Waals surface area contributed by atoms with Crippen molar-refractivity contribution < 1.29 is 14.3 Å². The lowest BCUT2D eigenvalue weighted by Crippen LogP contribution is -2.44. The fourth-order valence-electron chi connectivity index (χ4n) is 4.54. The average Bonchev–Trinajstić information content (AvgIpc) is 3.31. The summed E-state index contributed by atoms with van der Waals surface area (Å²) >= 11 is 0. The summed E-state index contributed by atoms with van der Waals surface area (Å²) in [6.45, 7) is 4.43. The van der Waals surface area contributed by atoms with Gasteiger partial charge in [0.25, 0.3) is 0 Å². The third-order valence-electron chi connectivity index (χ3n) is 6.03. The molecule has 4 heterocycles. The number of H-pyrrole nitrogens is 1. The predicted molar refractivity (Wildman–Crippen MR) is 106 cm³/mol. The van der Waals surface area contributed by atoms with Crippen molar-refractivity contribution >= 4 is 22.8 Å². The van der Waals surface area contributed by atoms with Gasteiger partial charge < -0.3 is 19.5 Å². The first kappa shape index (κ1) is 18.9. The van der Waals surface area contributed by atoms with Crippen LogP contribution in [-0.4, -0.2) is 71.0 Å². The number of hydrogen-bond acceptors (Lipinski definition) is 4. The molecule has 0 aromatic carbocycles. The molecule has 2 aliphatic heterocycles. The summed E-state index contributed by atoms with van der Waals surface area (Å²) in [6, 6.07) is 6.13. The second-order valence-corrected chi connectivity index (χ2v) is 8.04. The number of hydrogen-bond donors (Lipinski definition) is 1. The highest BCUT2D eigenvalue weighted by molar-refractivity contribution is 5.89. The normalized spacial score (nSPS) is 24.1. The number of carbonyl (C=O) groups is 2. The Balaban J connectivity index is 1.43. The topological polar surface area (TPSA) is 78.5 Å². The van der Waals surface area contributed by atoms with E-state index in [1.165, 1.54) is 0 Å². The number of aromatic nitrogens is 2. The smallest absolute Gasteiger partial charge is 0.228 e. The highest BCUT2D eigenvalue weighted by Gasteiger charge is 2.39. The van der Waals surface area contributed by atoms with Crippen molar-refractivity contribution in [2.75, 3.05) is 33.4 Å². The Kier molecular flexibility index (Phi) is 5.35. The Bertz CT molecular complexity index is 831. The Morgan fingerprint density at radius 1 is 1.43 bits per heavy atom. The van der Waals surface area contributed by atoms with Gasteiger partial charge in [-0.3, -0.25) is 9.59 Å². The molecule has 2 aromatic heterocycles. The largest absolute Gasteiger partial charge is 0.383 e. The van der Waals surface area contributed by atoms with E-state index < -0.39 is 0 Å². The van der Waals surface area contributed by atoms with Crippen molar-refractivity contribution in [1.82, 2.24) is 19.8 Å². The van der Waals surface area contributed by atoms with Gasteiger partial charge in [0, 0.05) is 56.4 Å². The van der Waals surface area contributed by atoms with Crippen molar-refractivity contribution in [2.24, 2.45) is 5.92 Å². The molecule has 0 aliphatic carbocycles. The molecule has 0 saturated carbocycles. The van der Waals surface area contributed by atoms with Gasteiger partial charge in [0.2, 0.25) is 11.8 Å². The summed E-state index contributed by atoms with van der Waals surface area (Å²) in [7, 11) is 1.63. The number of methoxy groups -OCH3 is 1. The summed E-state index contributed by atoms with van der Waals surface area (Å²) in [6.07, 6.45) is 4.12. The van der Waals surface area contributed by atoms with E-state index >= 15 is 0 Å². The molecule has 150 valence electrons. The molecule has 7 nitrogen and oxygen atoms in total. The number of likely N-dealkylation sites (tertiary alicyclic amines) is 2. The molecule has 0 spiro atoms. The van der Waals surface area contributed by atoms with Crippen LogP contribution in [0.4, 0.5) is 0 Å². The van der Waals surface area contributed by atoms with E-state index in [0.717, 1.165) is 36.1 Å². The quantitative estimate of drug-likeness (QED) is 0.857.